The van der Waals surface area contributed by atoms with Crippen molar-refractivity contribution < 1.29 is 22.7 Å². The highest BCUT2D eigenvalue weighted by molar-refractivity contribution is 7.89. The van der Waals surface area contributed by atoms with Crippen molar-refractivity contribution in [1.82, 2.24) is 14.1 Å². The molecule has 2 saturated heterocycles. The van der Waals surface area contributed by atoms with Gasteiger partial charge in [0.15, 0.2) is 0 Å². The van der Waals surface area contributed by atoms with Gasteiger partial charge in [-0.2, -0.15) is 4.31 Å². The lowest BCUT2D eigenvalue weighted by Crippen LogP contribution is -2.47. The zero-order valence-corrected chi connectivity index (χ0v) is 25.6. The number of likely N-dealkylation sites (tertiary alicyclic amines) is 2. The van der Waals surface area contributed by atoms with E-state index >= 15 is 0 Å². The van der Waals surface area contributed by atoms with Gasteiger partial charge in [-0.3, -0.25) is 4.79 Å². The third-order valence-corrected chi connectivity index (χ3v) is 11.3. The fourth-order valence-corrected chi connectivity index (χ4v) is 8.76. The molecule has 0 aromatic heterocycles. The molecule has 1 amide bonds. The van der Waals surface area contributed by atoms with Crippen LogP contribution >= 0.6 is 0 Å². The predicted molar refractivity (Wildman–Crippen MR) is 160 cm³/mol. The van der Waals surface area contributed by atoms with E-state index in [1.54, 1.807) is 37.4 Å². The molecule has 5 rings (SSSR count). The molecular weight excluding hydrogens is 538 g/mol. The summed E-state index contributed by atoms with van der Waals surface area (Å²) in [5.74, 6) is 1.32. The van der Waals surface area contributed by atoms with Crippen molar-refractivity contribution in [3.63, 3.8) is 0 Å². The molecule has 3 heterocycles. The van der Waals surface area contributed by atoms with Gasteiger partial charge in [0.05, 0.1) is 24.7 Å². The first kappa shape index (κ1) is 30.0. The largest absolute Gasteiger partial charge is 0.497 e. The molecule has 1 atom stereocenters. The minimum absolute atomic E-state index is 0.00421. The van der Waals surface area contributed by atoms with Crippen LogP contribution < -0.4 is 4.74 Å². The van der Waals surface area contributed by atoms with E-state index in [4.69, 9.17) is 9.47 Å². The van der Waals surface area contributed by atoms with Crippen molar-refractivity contribution in [1.29, 1.82) is 0 Å². The Labute approximate surface area is 245 Å². The molecule has 2 aromatic rings. The summed E-state index contributed by atoms with van der Waals surface area (Å²) in [7, 11) is -2.25. The molecule has 0 unspecified atom stereocenters. The molecular formula is C32H45N3O5S. The fourth-order valence-electron chi connectivity index (χ4n) is 6.76. The van der Waals surface area contributed by atoms with Gasteiger partial charge in [0.1, 0.15) is 12.4 Å². The Morgan fingerprint density at radius 2 is 1.63 bits per heavy atom. The number of amides is 1. The van der Waals surface area contributed by atoms with E-state index in [-0.39, 0.29) is 25.7 Å². The average molecular weight is 584 g/mol. The number of nitrogens with zero attached hydrogens (tertiary/aromatic N) is 3. The van der Waals surface area contributed by atoms with E-state index < -0.39 is 16.1 Å². The number of piperidine rings is 1. The molecule has 41 heavy (non-hydrogen) atoms. The van der Waals surface area contributed by atoms with Crippen molar-refractivity contribution in [2.24, 2.45) is 5.92 Å². The third-order valence-electron chi connectivity index (χ3n) is 9.10. The Bertz CT molecular complexity index is 1290. The zero-order chi connectivity index (χ0) is 29.0. The van der Waals surface area contributed by atoms with E-state index in [0.717, 1.165) is 37.1 Å². The van der Waals surface area contributed by atoms with E-state index in [0.29, 0.717) is 34.1 Å². The number of fused-ring (bicyclic) bond motifs is 1. The maximum absolute atomic E-state index is 14.1. The van der Waals surface area contributed by atoms with Crippen LogP contribution in [-0.2, 0) is 32.5 Å². The molecule has 0 N–H and O–H groups in total. The lowest BCUT2D eigenvalue weighted by atomic mass is 9.93. The van der Waals surface area contributed by atoms with Gasteiger partial charge >= 0.3 is 0 Å². The summed E-state index contributed by atoms with van der Waals surface area (Å²) >= 11 is 0. The smallest absolute Gasteiger partial charge is 0.248 e. The first-order valence-electron chi connectivity index (χ1n) is 15.1. The predicted octanol–water partition coefficient (Wildman–Crippen LogP) is 4.17. The van der Waals surface area contributed by atoms with Crippen LogP contribution in [0.25, 0.3) is 0 Å². The summed E-state index contributed by atoms with van der Waals surface area (Å²) in [4.78, 5) is 17.8. The number of aryl methyl sites for hydroxylation is 2. The Hall–Kier alpha value is -2.46. The Morgan fingerprint density at radius 3 is 2.29 bits per heavy atom. The molecule has 8 nitrogen and oxygen atoms in total. The lowest BCUT2D eigenvalue weighted by molar-refractivity contribution is -0.138. The number of sulfonamides is 1. The van der Waals surface area contributed by atoms with Crippen LogP contribution in [0.3, 0.4) is 0 Å². The number of rotatable bonds is 10. The zero-order valence-electron chi connectivity index (χ0n) is 24.8. The van der Waals surface area contributed by atoms with Gasteiger partial charge in [0.25, 0.3) is 0 Å². The highest BCUT2D eigenvalue weighted by atomic mass is 32.2. The first-order valence-corrected chi connectivity index (χ1v) is 16.5. The van der Waals surface area contributed by atoms with Gasteiger partial charge in [-0.05, 0) is 112 Å². The van der Waals surface area contributed by atoms with Crippen LogP contribution in [0.4, 0.5) is 0 Å². The molecule has 2 fully saturated rings. The van der Waals surface area contributed by atoms with Crippen LogP contribution in [0.5, 0.6) is 5.75 Å². The summed E-state index contributed by atoms with van der Waals surface area (Å²) in [6.07, 6.45) is 6.51. The van der Waals surface area contributed by atoms with E-state index in [1.165, 1.54) is 38.9 Å². The maximum Gasteiger partial charge on any atom is 0.248 e. The number of hydrogen-bond acceptors (Lipinski definition) is 6. The maximum atomic E-state index is 14.1. The van der Waals surface area contributed by atoms with Gasteiger partial charge < -0.3 is 19.3 Å². The summed E-state index contributed by atoms with van der Waals surface area (Å²) in [5, 5.41) is 0. The second-order valence-corrected chi connectivity index (χ2v) is 13.8. The Morgan fingerprint density at radius 1 is 0.976 bits per heavy atom. The molecule has 9 heteroatoms. The molecule has 3 aliphatic heterocycles. The van der Waals surface area contributed by atoms with Crippen LogP contribution in [0.2, 0.25) is 0 Å². The van der Waals surface area contributed by atoms with E-state index in [9.17, 15) is 13.2 Å². The summed E-state index contributed by atoms with van der Waals surface area (Å²) < 4.78 is 41.1. The van der Waals surface area contributed by atoms with Crippen molar-refractivity contribution in [3.05, 3.63) is 58.7 Å². The van der Waals surface area contributed by atoms with Crippen molar-refractivity contribution in [2.75, 3.05) is 53.0 Å². The van der Waals surface area contributed by atoms with Crippen molar-refractivity contribution in [3.8, 4) is 5.75 Å². The quantitative estimate of drug-likeness (QED) is 0.418. The number of carbonyl (C=O) groups excluding carboxylic acids is 1. The molecule has 0 saturated carbocycles. The minimum Gasteiger partial charge on any atom is -0.497 e. The highest BCUT2D eigenvalue weighted by Crippen LogP contribution is 2.34. The van der Waals surface area contributed by atoms with Crippen LogP contribution in [0, 0.1) is 19.8 Å². The Kier molecular flexibility index (Phi) is 9.69. The lowest BCUT2D eigenvalue weighted by Gasteiger charge is -2.37. The van der Waals surface area contributed by atoms with E-state index in [1.807, 2.05) is 23.1 Å². The van der Waals surface area contributed by atoms with Gasteiger partial charge in [0.2, 0.25) is 15.9 Å². The first-order chi connectivity index (χ1) is 19.8. The molecule has 2 aromatic carbocycles. The number of hydrogen-bond donors (Lipinski definition) is 0. The van der Waals surface area contributed by atoms with Crippen molar-refractivity contribution >= 4 is 15.9 Å². The van der Waals surface area contributed by atoms with Gasteiger partial charge in [0, 0.05) is 19.6 Å². The number of methoxy groups -OCH3 is 1. The summed E-state index contributed by atoms with van der Waals surface area (Å²) in [5.41, 5.74) is 3.43. The average Bonchev–Trinajstić information content (AvgIpc) is 3.49. The molecule has 224 valence electrons. The molecule has 0 bridgehead atoms. The second kappa shape index (κ2) is 13.2. The minimum atomic E-state index is -3.83. The molecule has 0 spiro atoms. The number of benzene rings is 2. The van der Waals surface area contributed by atoms with Gasteiger partial charge in [-0.15, -0.1) is 0 Å². The standard InChI is InChI=1S/C32H45N3O5S/c1-24-18-30(39-3)19-25(2)32(24)41(37,38)35-21-28-9-5-4-8-27(28)20-29(35)22-40-23-31(36)34-16-11-26(12-17-34)10-15-33-13-6-7-14-33/h4-5,8-9,18-19,26,29H,6-7,10-17,20-23H2,1-3H3/t29-/m0/s1. The highest BCUT2D eigenvalue weighted by Gasteiger charge is 2.37. The van der Waals surface area contributed by atoms with Crippen molar-refractivity contribution in [2.45, 2.75) is 69.9 Å². The SMILES string of the molecule is COc1cc(C)c(S(=O)(=O)N2Cc3ccccc3C[C@H]2COCC(=O)N2CCC(CCN3CCCC3)CC2)c(C)c1. The van der Waals surface area contributed by atoms with E-state index in [2.05, 4.69) is 11.0 Å². The number of carbonyl (C=O) groups is 1. The summed E-state index contributed by atoms with van der Waals surface area (Å²) in [6.45, 7) is 9.24. The molecule has 0 radical (unpaired) electrons. The molecule has 0 aliphatic carbocycles. The normalized spacial score (nSPS) is 20.8. The van der Waals surface area contributed by atoms with Gasteiger partial charge in [-0.25, -0.2) is 8.42 Å². The molecule has 3 aliphatic rings. The number of ether oxygens (including phenoxy) is 2. The topological polar surface area (TPSA) is 79.4 Å². The van der Waals surface area contributed by atoms with Gasteiger partial charge in [-0.1, -0.05) is 24.3 Å². The van der Waals surface area contributed by atoms with Crippen LogP contribution in [0.1, 0.15) is 54.4 Å². The Balaban J connectivity index is 1.21. The fraction of sp³-hybridized carbons (Fsp3) is 0.594. The van der Waals surface area contributed by atoms with Crippen LogP contribution in [-0.4, -0.2) is 87.5 Å². The third kappa shape index (κ3) is 6.96. The summed E-state index contributed by atoms with van der Waals surface area (Å²) in [6, 6.07) is 11.1. The second-order valence-electron chi connectivity index (χ2n) is 11.9. The van der Waals surface area contributed by atoms with Crippen LogP contribution in [0.15, 0.2) is 41.3 Å². The monoisotopic (exact) mass is 583 g/mol.